The molecular formula is C18H16N4O2S. The molecule has 126 valence electrons. The highest BCUT2D eigenvalue weighted by atomic mass is 32.1. The molecule has 1 aromatic carbocycles. The number of anilines is 1. The molecule has 0 fully saturated rings. The van der Waals surface area contributed by atoms with E-state index in [9.17, 15) is 4.79 Å². The molecule has 0 bridgehead atoms. The summed E-state index contributed by atoms with van der Waals surface area (Å²) in [6.07, 6.45) is 1.47. The van der Waals surface area contributed by atoms with Gasteiger partial charge in [0.2, 0.25) is 5.13 Å². The van der Waals surface area contributed by atoms with Crippen molar-refractivity contribution in [3.05, 3.63) is 59.2 Å². The summed E-state index contributed by atoms with van der Waals surface area (Å²) in [7, 11) is 0. The van der Waals surface area contributed by atoms with Crippen LogP contribution in [0.2, 0.25) is 0 Å². The molecule has 0 saturated heterocycles. The Morgan fingerprint density at radius 2 is 2.00 bits per heavy atom. The van der Waals surface area contributed by atoms with Crippen LogP contribution in [-0.4, -0.2) is 20.7 Å². The topological polar surface area (TPSA) is 73.0 Å². The lowest BCUT2D eigenvalue weighted by Gasteiger charge is -2.04. The van der Waals surface area contributed by atoms with Gasteiger partial charge in [0.1, 0.15) is 5.82 Å². The van der Waals surface area contributed by atoms with Gasteiger partial charge >= 0.3 is 0 Å². The summed E-state index contributed by atoms with van der Waals surface area (Å²) in [6.45, 7) is 6.03. The number of carbonyl (C=O) groups is 1. The Kier molecular flexibility index (Phi) is 3.65. The molecule has 0 unspecified atom stereocenters. The first-order valence-electron chi connectivity index (χ1n) is 7.81. The molecule has 0 aliphatic carbocycles. The fourth-order valence-corrected chi connectivity index (χ4v) is 3.59. The van der Waals surface area contributed by atoms with Gasteiger partial charge in [0.15, 0.2) is 5.76 Å². The van der Waals surface area contributed by atoms with Crippen LogP contribution in [0, 0.1) is 20.8 Å². The molecule has 4 aromatic rings. The smallest absolute Gasteiger partial charge is 0.292 e. The van der Waals surface area contributed by atoms with Crippen molar-refractivity contribution in [1.29, 1.82) is 0 Å². The predicted molar refractivity (Wildman–Crippen MR) is 97.6 cm³/mol. The molecule has 1 N–H and O–H groups in total. The number of aryl methyl sites for hydroxylation is 3. The van der Waals surface area contributed by atoms with Gasteiger partial charge in [-0.1, -0.05) is 11.3 Å². The maximum atomic E-state index is 12.3. The molecule has 25 heavy (non-hydrogen) atoms. The summed E-state index contributed by atoms with van der Waals surface area (Å²) in [6, 6.07) is 9.30. The number of thiazole rings is 1. The van der Waals surface area contributed by atoms with Crippen molar-refractivity contribution in [2.24, 2.45) is 0 Å². The number of hydrogen-bond acceptors (Lipinski definition) is 5. The number of fused-ring (bicyclic) bond motifs is 1. The number of rotatable bonds is 3. The number of nitrogens with one attached hydrogen (secondary N) is 1. The molecule has 0 aliphatic heterocycles. The molecule has 0 aliphatic rings. The molecule has 0 atom stereocenters. The Morgan fingerprint density at radius 1 is 1.20 bits per heavy atom. The lowest BCUT2D eigenvalue weighted by Crippen LogP contribution is -2.14. The number of hydrogen-bond donors (Lipinski definition) is 1. The Balaban J connectivity index is 1.74. The average Bonchev–Trinajstić information content (AvgIpc) is 3.27. The van der Waals surface area contributed by atoms with Crippen molar-refractivity contribution < 1.29 is 9.21 Å². The maximum absolute atomic E-state index is 12.3. The lowest BCUT2D eigenvalue weighted by molar-refractivity contribution is 0.0996. The molecule has 0 radical (unpaired) electrons. The van der Waals surface area contributed by atoms with Crippen LogP contribution in [0.3, 0.4) is 0 Å². The van der Waals surface area contributed by atoms with Gasteiger partial charge in [-0.05, 0) is 56.2 Å². The van der Waals surface area contributed by atoms with Gasteiger partial charge < -0.3 is 9.73 Å². The molecule has 3 heterocycles. The number of carbonyl (C=O) groups excluding carboxylic acids is 1. The average molecular weight is 352 g/mol. The summed E-state index contributed by atoms with van der Waals surface area (Å²) in [4.78, 5) is 16.9. The monoisotopic (exact) mass is 352 g/mol. The van der Waals surface area contributed by atoms with Gasteiger partial charge in [0.05, 0.1) is 22.2 Å². The van der Waals surface area contributed by atoms with Gasteiger partial charge in [-0.15, -0.1) is 0 Å². The molecule has 1 amide bonds. The van der Waals surface area contributed by atoms with E-state index in [0.29, 0.717) is 10.9 Å². The van der Waals surface area contributed by atoms with Crippen LogP contribution in [-0.2, 0) is 0 Å². The number of amides is 1. The molecule has 4 rings (SSSR count). The van der Waals surface area contributed by atoms with Gasteiger partial charge in [-0.25, -0.2) is 4.98 Å². The second-order valence-electron chi connectivity index (χ2n) is 5.91. The highest BCUT2D eigenvalue weighted by Crippen LogP contribution is 2.29. The van der Waals surface area contributed by atoms with Gasteiger partial charge in [0, 0.05) is 6.07 Å². The highest BCUT2D eigenvalue weighted by Gasteiger charge is 2.16. The van der Waals surface area contributed by atoms with Crippen LogP contribution in [0.1, 0.15) is 27.4 Å². The summed E-state index contributed by atoms with van der Waals surface area (Å²) in [5.74, 6) is 0.492. The minimum Gasteiger partial charge on any atom is -0.459 e. The number of furan rings is 1. The lowest BCUT2D eigenvalue weighted by atomic mass is 10.1. The van der Waals surface area contributed by atoms with Gasteiger partial charge in [0.25, 0.3) is 5.91 Å². The summed E-state index contributed by atoms with van der Waals surface area (Å²) >= 11 is 1.54. The van der Waals surface area contributed by atoms with E-state index >= 15 is 0 Å². The fraction of sp³-hybridized carbons (Fsp3) is 0.167. The molecular weight excluding hydrogens is 336 g/mol. The zero-order chi connectivity index (χ0) is 17.6. The quantitative estimate of drug-likeness (QED) is 0.598. The Labute approximate surface area is 148 Å². The fourth-order valence-electron chi connectivity index (χ4n) is 2.58. The highest BCUT2D eigenvalue weighted by molar-refractivity contribution is 7.20. The zero-order valence-corrected chi connectivity index (χ0v) is 14.8. The van der Waals surface area contributed by atoms with Gasteiger partial charge in [-0.2, -0.15) is 9.78 Å². The van der Waals surface area contributed by atoms with Crippen LogP contribution in [0.25, 0.3) is 15.3 Å². The standard InChI is InChI=1S/C18H16N4O2S/c1-10-7-13-15(8-11(10)2)25-18(19-13)22-16(9-12(3)21-22)20-17(23)14-5-4-6-24-14/h4-9H,1-3H3,(H,20,23). The van der Waals surface area contributed by atoms with E-state index < -0.39 is 0 Å². The van der Waals surface area contributed by atoms with E-state index in [2.05, 4.69) is 41.4 Å². The third-order valence-corrected chi connectivity index (χ3v) is 4.99. The van der Waals surface area contributed by atoms with E-state index in [1.165, 1.54) is 28.7 Å². The molecule has 7 heteroatoms. The van der Waals surface area contributed by atoms with Crippen LogP contribution in [0.5, 0.6) is 0 Å². The first kappa shape index (κ1) is 15.6. The summed E-state index contributed by atoms with van der Waals surface area (Å²) in [5.41, 5.74) is 4.15. The van der Waals surface area contributed by atoms with Crippen LogP contribution >= 0.6 is 11.3 Å². The first-order valence-corrected chi connectivity index (χ1v) is 8.62. The number of benzene rings is 1. The maximum Gasteiger partial charge on any atom is 0.292 e. The van der Waals surface area contributed by atoms with Crippen molar-refractivity contribution in [3.8, 4) is 5.13 Å². The third kappa shape index (κ3) is 2.83. The van der Waals surface area contributed by atoms with Crippen molar-refractivity contribution in [2.45, 2.75) is 20.8 Å². The Bertz CT molecular complexity index is 1040. The van der Waals surface area contributed by atoms with E-state index in [1.54, 1.807) is 16.8 Å². The molecule has 0 saturated carbocycles. The van der Waals surface area contributed by atoms with Crippen molar-refractivity contribution in [2.75, 3.05) is 5.32 Å². The van der Waals surface area contributed by atoms with Crippen molar-refractivity contribution in [1.82, 2.24) is 14.8 Å². The summed E-state index contributed by atoms with van der Waals surface area (Å²) in [5, 5.41) is 8.02. The Hall–Kier alpha value is -2.93. The Morgan fingerprint density at radius 3 is 2.76 bits per heavy atom. The normalized spacial score (nSPS) is 11.2. The molecule has 6 nitrogen and oxygen atoms in total. The van der Waals surface area contributed by atoms with E-state index in [1.807, 2.05) is 13.0 Å². The van der Waals surface area contributed by atoms with E-state index in [4.69, 9.17) is 4.42 Å². The summed E-state index contributed by atoms with van der Waals surface area (Å²) < 4.78 is 7.89. The minimum atomic E-state index is -0.320. The third-order valence-electron chi connectivity index (χ3n) is 3.99. The van der Waals surface area contributed by atoms with Gasteiger partial charge in [-0.3, -0.25) is 4.79 Å². The van der Waals surface area contributed by atoms with Crippen LogP contribution in [0.4, 0.5) is 5.82 Å². The number of nitrogens with zero attached hydrogens (tertiary/aromatic N) is 3. The predicted octanol–water partition coefficient (Wildman–Crippen LogP) is 4.25. The van der Waals surface area contributed by atoms with E-state index in [0.717, 1.165) is 15.9 Å². The van der Waals surface area contributed by atoms with E-state index in [-0.39, 0.29) is 11.7 Å². The molecule has 3 aromatic heterocycles. The molecule has 0 spiro atoms. The SMILES string of the molecule is Cc1cc(NC(=O)c2ccco2)n(-c2nc3cc(C)c(C)cc3s2)n1. The van der Waals surface area contributed by atoms with Crippen LogP contribution < -0.4 is 5.32 Å². The zero-order valence-electron chi connectivity index (χ0n) is 14.0. The van der Waals surface area contributed by atoms with Crippen molar-refractivity contribution >= 4 is 33.3 Å². The first-order chi connectivity index (χ1) is 12.0. The minimum absolute atomic E-state index is 0.251. The largest absolute Gasteiger partial charge is 0.459 e. The van der Waals surface area contributed by atoms with Crippen LogP contribution in [0.15, 0.2) is 41.0 Å². The number of aromatic nitrogens is 3. The second kappa shape index (κ2) is 5.86. The second-order valence-corrected chi connectivity index (χ2v) is 6.92. The van der Waals surface area contributed by atoms with Crippen molar-refractivity contribution in [3.63, 3.8) is 0 Å².